The summed E-state index contributed by atoms with van der Waals surface area (Å²) in [6.07, 6.45) is 1.65. The Balaban J connectivity index is 1.95. The van der Waals surface area contributed by atoms with E-state index in [2.05, 4.69) is 0 Å². The third-order valence-electron chi connectivity index (χ3n) is 5.34. The van der Waals surface area contributed by atoms with Gasteiger partial charge in [-0.05, 0) is 56.7 Å². The van der Waals surface area contributed by atoms with E-state index in [1.165, 1.54) is 17.0 Å². The van der Waals surface area contributed by atoms with E-state index in [1.54, 1.807) is 26.1 Å². The molecule has 0 radical (unpaired) electrons. The molecule has 0 bridgehead atoms. The first kappa shape index (κ1) is 20.4. The third-order valence-corrected chi connectivity index (χ3v) is 5.34. The molecule has 1 N–H and O–H groups in total. The number of aliphatic hydroxyl groups excluding tert-OH is 1. The Morgan fingerprint density at radius 1 is 1.38 bits per heavy atom. The van der Waals surface area contributed by atoms with E-state index < -0.39 is 11.5 Å². The zero-order chi connectivity index (χ0) is 19.3. The van der Waals surface area contributed by atoms with E-state index >= 15 is 0 Å². The number of nitrogens with zero attached hydrogens (tertiary/aromatic N) is 1. The van der Waals surface area contributed by atoms with Gasteiger partial charge in [0.2, 0.25) is 0 Å². The predicted octanol–water partition coefficient (Wildman–Crippen LogP) is 3.05. The second-order valence-corrected chi connectivity index (χ2v) is 7.24. The number of amides is 1. The quantitative estimate of drug-likeness (QED) is 0.787. The molecule has 6 heteroatoms. The van der Waals surface area contributed by atoms with Crippen LogP contribution < -0.4 is 0 Å². The van der Waals surface area contributed by atoms with Crippen LogP contribution >= 0.6 is 0 Å². The number of benzene rings is 1. The van der Waals surface area contributed by atoms with Crippen molar-refractivity contribution in [3.05, 3.63) is 35.6 Å². The molecule has 1 saturated carbocycles. The summed E-state index contributed by atoms with van der Waals surface area (Å²) in [5, 5.41) is 9.68. The fraction of sp³-hybridized carbons (Fsp3) is 0.600. The van der Waals surface area contributed by atoms with Crippen molar-refractivity contribution in [1.29, 1.82) is 0 Å². The summed E-state index contributed by atoms with van der Waals surface area (Å²) in [6, 6.07) is 6.05. The molecule has 0 aliphatic heterocycles. The molecule has 1 atom stereocenters. The van der Waals surface area contributed by atoms with Gasteiger partial charge in [0.05, 0.1) is 11.5 Å². The van der Waals surface area contributed by atoms with Crippen molar-refractivity contribution in [2.75, 3.05) is 7.05 Å². The lowest BCUT2D eigenvalue weighted by Crippen LogP contribution is -2.43. The Hall–Kier alpha value is -1.95. The maximum atomic E-state index is 13.3. The summed E-state index contributed by atoms with van der Waals surface area (Å²) in [4.78, 5) is 26.6. The van der Waals surface area contributed by atoms with Crippen molar-refractivity contribution in [3.8, 4) is 0 Å². The lowest BCUT2D eigenvalue weighted by atomic mass is 9.71. The summed E-state index contributed by atoms with van der Waals surface area (Å²) >= 11 is 0. The number of hydrogen-bond acceptors (Lipinski definition) is 4. The van der Waals surface area contributed by atoms with Crippen LogP contribution in [0.5, 0.6) is 0 Å². The van der Waals surface area contributed by atoms with Gasteiger partial charge in [-0.1, -0.05) is 19.1 Å². The first-order valence-electron chi connectivity index (χ1n) is 9.16. The largest absolute Gasteiger partial charge is 0.452 e. The highest BCUT2D eigenvalue weighted by Crippen LogP contribution is 2.40. The zero-order valence-corrected chi connectivity index (χ0v) is 15.7. The number of carbonyl (C=O) groups is 2. The lowest BCUT2D eigenvalue weighted by molar-refractivity contribution is -0.170. The van der Waals surface area contributed by atoms with Crippen LogP contribution in [-0.4, -0.2) is 41.1 Å². The SMILES string of the molecule is CCC1(C(=O)O[C@@H](C)C(=O)N(C)Cc2cccc(F)c2)CCC(O)CC1. The summed E-state index contributed by atoms with van der Waals surface area (Å²) < 4.78 is 18.8. The number of ether oxygens (including phenoxy) is 1. The second kappa shape index (κ2) is 8.62. The molecule has 0 saturated heterocycles. The molecule has 0 heterocycles. The highest BCUT2D eigenvalue weighted by molar-refractivity contribution is 5.85. The van der Waals surface area contributed by atoms with Crippen LogP contribution in [0.3, 0.4) is 0 Å². The molecule has 0 unspecified atom stereocenters. The van der Waals surface area contributed by atoms with Crippen LogP contribution in [0.4, 0.5) is 4.39 Å². The molecule has 1 aromatic carbocycles. The molecule has 1 aromatic rings. The van der Waals surface area contributed by atoms with Crippen LogP contribution in [-0.2, 0) is 20.9 Å². The Morgan fingerprint density at radius 3 is 2.62 bits per heavy atom. The predicted molar refractivity (Wildman–Crippen MR) is 95.6 cm³/mol. The van der Waals surface area contributed by atoms with Crippen LogP contribution in [0.2, 0.25) is 0 Å². The first-order valence-corrected chi connectivity index (χ1v) is 9.16. The number of rotatable bonds is 6. The standard InChI is InChI=1S/C20H28FNO4/c1-4-20(10-8-17(23)9-11-20)19(25)26-14(2)18(24)22(3)13-15-6-5-7-16(21)12-15/h5-7,12,14,17,23H,4,8-11,13H2,1-3H3/t14-,17?,20?/m0/s1. The number of esters is 1. The van der Waals surface area contributed by atoms with Crippen molar-refractivity contribution in [2.45, 2.75) is 64.7 Å². The maximum absolute atomic E-state index is 13.3. The van der Waals surface area contributed by atoms with Crippen LogP contribution in [0.1, 0.15) is 51.5 Å². The molecule has 1 amide bonds. The number of likely N-dealkylation sites (N-methyl/N-ethyl adjacent to an activating group) is 1. The van der Waals surface area contributed by atoms with Crippen LogP contribution in [0.15, 0.2) is 24.3 Å². The molecule has 0 spiro atoms. The normalized spacial score (nSPS) is 24.0. The van der Waals surface area contributed by atoms with Gasteiger partial charge in [-0.3, -0.25) is 9.59 Å². The van der Waals surface area contributed by atoms with Crippen molar-refractivity contribution in [2.24, 2.45) is 5.41 Å². The smallest absolute Gasteiger partial charge is 0.312 e. The van der Waals surface area contributed by atoms with Gasteiger partial charge >= 0.3 is 5.97 Å². The third kappa shape index (κ3) is 4.81. The van der Waals surface area contributed by atoms with E-state index in [0.29, 0.717) is 37.7 Å². The molecular formula is C20H28FNO4. The molecule has 26 heavy (non-hydrogen) atoms. The van der Waals surface area contributed by atoms with E-state index in [9.17, 15) is 19.1 Å². The molecule has 144 valence electrons. The summed E-state index contributed by atoms with van der Waals surface area (Å²) in [6.45, 7) is 3.73. The molecule has 1 fully saturated rings. The lowest BCUT2D eigenvalue weighted by Gasteiger charge is -2.36. The Kier molecular flexibility index (Phi) is 6.75. The minimum absolute atomic E-state index is 0.240. The zero-order valence-electron chi connectivity index (χ0n) is 15.7. The van der Waals surface area contributed by atoms with Gasteiger partial charge in [0.1, 0.15) is 5.82 Å². The van der Waals surface area contributed by atoms with Gasteiger partial charge in [-0.2, -0.15) is 0 Å². The average molecular weight is 365 g/mol. The van der Waals surface area contributed by atoms with Crippen molar-refractivity contribution in [3.63, 3.8) is 0 Å². The van der Waals surface area contributed by atoms with E-state index in [1.807, 2.05) is 6.92 Å². The first-order chi connectivity index (χ1) is 12.3. The van der Waals surface area contributed by atoms with Crippen LogP contribution in [0.25, 0.3) is 0 Å². The summed E-state index contributed by atoms with van der Waals surface area (Å²) in [7, 11) is 1.60. The number of carbonyl (C=O) groups excluding carboxylic acids is 2. The van der Waals surface area contributed by atoms with Gasteiger partial charge in [-0.25, -0.2) is 4.39 Å². The molecule has 1 aliphatic rings. The Bertz CT molecular complexity index is 640. The molecular weight excluding hydrogens is 337 g/mol. The fourth-order valence-electron chi connectivity index (χ4n) is 3.49. The number of aliphatic hydroxyl groups is 1. The van der Waals surface area contributed by atoms with Crippen molar-refractivity contribution < 1.29 is 23.8 Å². The Morgan fingerprint density at radius 2 is 2.04 bits per heavy atom. The molecule has 2 rings (SSSR count). The highest BCUT2D eigenvalue weighted by atomic mass is 19.1. The topological polar surface area (TPSA) is 66.8 Å². The molecule has 1 aliphatic carbocycles. The summed E-state index contributed by atoms with van der Waals surface area (Å²) in [5.41, 5.74) is 0.0557. The summed E-state index contributed by atoms with van der Waals surface area (Å²) in [5.74, 6) is -1.05. The average Bonchev–Trinajstić information content (AvgIpc) is 2.61. The monoisotopic (exact) mass is 365 g/mol. The van der Waals surface area contributed by atoms with Crippen molar-refractivity contribution >= 4 is 11.9 Å². The minimum Gasteiger partial charge on any atom is -0.452 e. The van der Waals surface area contributed by atoms with E-state index in [4.69, 9.17) is 4.74 Å². The van der Waals surface area contributed by atoms with Crippen molar-refractivity contribution in [1.82, 2.24) is 4.90 Å². The van der Waals surface area contributed by atoms with Gasteiger partial charge in [0.15, 0.2) is 6.10 Å². The van der Waals surface area contributed by atoms with Gasteiger partial charge in [0.25, 0.3) is 5.91 Å². The minimum atomic E-state index is -0.906. The highest BCUT2D eigenvalue weighted by Gasteiger charge is 2.42. The molecule has 5 nitrogen and oxygen atoms in total. The maximum Gasteiger partial charge on any atom is 0.312 e. The second-order valence-electron chi connectivity index (χ2n) is 7.24. The van der Waals surface area contributed by atoms with E-state index in [0.717, 1.165) is 0 Å². The fourth-order valence-corrected chi connectivity index (χ4v) is 3.49. The van der Waals surface area contributed by atoms with Gasteiger partial charge in [-0.15, -0.1) is 0 Å². The Labute approximate surface area is 154 Å². The van der Waals surface area contributed by atoms with E-state index in [-0.39, 0.29) is 30.3 Å². The molecule has 0 aromatic heterocycles. The number of halogens is 1. The number of hydrogen-bond donors (Lipinski definition) is 1. The van der Waals surface area contributed by atoms with Crippen LogP contribution in [0, 0.1) is 11.2 Å². The van der Waals surface area contributed by atoms with Gasteiger partial charge < -0.3 is 14.7 Å². The van der Waals surface area contributed by atoms with Gasteiger partial charge in [0, 0.05) is 13.6 Å².